The Bertz CT molecular complexity index is 744. The Morgan fingerprint density at radius 2 is 1.84 bits per heavy atom. The summed E-state index contributed by atoms with van der Waals surface area (Å²) in [5.74, 6) is -0.409. The summed E-state index contributed by atoms with van der Waals surface area (Å²) in [5.41, 5.74) is 1.04. The molecule has 0 bridgehead atoms. The van der Waals surface area contributed by atoms with Crippen LogP contribution in [0, 0.1) is 5.41 Å². The van der Waals surface area contributed by atoms with Crippen LogP contribution < -0.4 is 5.32 Å². The molecule has 4 nitrogen and oxygen atoms in total. The number of carbonyl (C=O) groups is 2. The molecule has 0 aliphatic rings. The normalized spacial score (nSPS) is 12.5. The number of carbonyl (C=O) groups excluding carboxylic acids is 2. The largest absolute Gasteiger partial charge is 0.462 e. The van der Waals surface area contributed by atoms with Gasteiger partial charge in [-0.3, -0.25) is 4.79 Å². The summed E-state index contributed by atoms with van der Waals surface area (Å²) in [6, 6.07) is 11.9. The summed E-state index contributed by atoms with van der Waals surface area (Å²) in [4.78, 5) is 25.7. The van der Waals surface area contributed by atoms with Crippen molar-refractivity contribution in [3.05, 3.63) is 52.4 Å². The van der Waals surface area contributed by atoms with E-state index in [4.69, 9.17) is 4.74 Å². The molecule has 2 aromatic rings. The average molecular weight is 359 g/mol. The minimum absolute atomic E-state index is 0.125. The highest BCUT2D eigenvalue weighted by molar-refractivity contribution is 7.16. The SMILES string of the molecule is CCOC(=O)c1cc(C(C)c2ccccc2)sc1NC(=O)C(C)(C)C. The van der Waals surface area contributed by atoms with Crippen molar-refractivity contribution in [3.63, 3.8) is 0 Å². The molecule has 0 radical (unpaired) electrons. The molecule has 0 spiro atoms. The molecule has 1 heterocycles. The van der Waals surface area contributed by atoms with Gasteiger partial charge in [0.15, 0.2) is 0 Å². The lowest BCUT2D eigenvalue weighted by Gasteiger charge is -2.17. The first-order chi connectivity index (χ1) is 11.7. The Hall–Kier alpha value is -2.14. The summed E-state index contributed by atoms with van der Waals surface area (Å²) in [6.07, 6.45) is 0. The maximum Gasteiger partial charge on any atom is 0.341 e. The summed E-state index contributed by atoms with van der Waals surface area (Å²) in [7, 11) is 0. The van der Waals surface area contributed by atoms with Gasteiger partial charge in [-0.05, 0) is 18.6 Å². The predicted molar refractivity (Wildman–Crippen MR) is 102 cm³/mol. The van der Waals surface area contributed by atoms with E-state index in [0.29, 0.717) is 17.2 Å². The minimum Gasteiger partial charge on any atom is -0.462 e. The molecule has 0 aliphatic heterocycles. The number of esters is 1. The first-order valence-electron chi connectivity index (χ1n) is 8.41. The highest BCUT2D eigenvalue weighted by Gasteiger charge is 2.26. The first kappa shape index (κ1) is 19.2. The molecule has 0 fully saturated rings. The van der Waals surface area contributed by atoms with Crippen LogP contribution in [0.1, 0.15) is 61.3 Å². The predicted octanol–water partition coefficient (Wildman–Crippen LogP) is 5.06. The Balaban J connectivity index is 2.38. The van der Waals surface area contributed by atoms with Crippen LogP contribution >= 0.6 is 11.3 Å². The summed E-state index contributed by atoms with van der Waals surface area (Å²) < 4.78 is 5.15. The van der Waals surface area contributed by atoms with Crippen molar-refractivity contribution in [2.45, 2.75) is 40.5 Å². The monoisotopic (exact) mass is 359 g/mol. The highest BCUT2D eigenvalue weighted by Crippen LogP contribution is 2.37. The number of benzene rings is 1. The third-order valence-electron chi connectivity index (χ3n) is 3.88. The zero-order valence-corrected chi connectivity index (χ0v) is 16.2. The molecule has 1 N–H and O–H groups in total. The van der Waals surface area contributed by atoms with Crippen molar-refractivity contribution < 1.29 is 14.3 Å². The van der Waals surface area contributed by atoms with E-state index in [1.807, 2.05) is 45.0 Å². The van der Waals surface area contributed by atoms with Gasteiger partial charge < -0.3 is 10.1 Å². The van der Waals surface area contributed by atoms with Crippen molar-refractivity contribution in [3.8, 4) is 0 Å². The van der Waals surface area contributed by atoms with Gasteiger partial charge in [0, 0.05) is 16.2 Å². The second-order valence-electron chi connectivity index (χ2n) is 6.95. The molecule has 1 amide bonds. The van der Waals surface area contributed by atoms with Crippen LogP contribution in [0.2, 0.25) is 0 Å². The van der Waals surface area contributed by atoms with Crippen LogP contribution in [0.25, 0.3) is 0 Å². The van der Waals surface area contributed by atoms with E-state index >= 15 is 0 Å². The van der Waals surface area contributed by atoms with E-state index in [-0.39, 0.29) is 11.8 Å². The maximum atomic E-state index is 12.4. The van der Waals surface area contributed by atoms with Gasteiger partial charge in [-0.25, -0.2) is 4.79 Å². The number of hydrogen-bond acceptors (Lipinski definition) is 4. The van der Waals surface area contributed by atoms with Crippen LogP contribution in [-0.4, -0.2) is 18.5 Å². The van der Waals surface area contributed by atoms with Crippen LogP contribution in [0.3, 0.4) is 0 Å². The molecule has 134 valence electrons. The fourth-order valence-corrected chi connectivity index (χ4v) is 3.39. The van der Waals surface area contributed by atoms with Crippen LogP contribution in [-0.2, 0) is 9.53 Å². The molecule has 1 aromatic heterocycles. The lowest BCUT2D eigenvalue weighted by atomic mass is 9.96. The Morgan fingerprint density at radius 1 is 1.20 bits per heavy atom. The lowest BCUT2D eigenvalue weighted by molar-refractivity contribution is -0.123. The van der Waals surface area contributed by atoms with Crippen LogP contribution in [0.15, 0.2) is 36.4 Å². The van der Waals surface area contributed by atoms with Gasteiger partial charge in [-0.15, -0.1) is 11.3 Å². The van der Waals surface area contributed by atoms with E-state index in [1.165, 1.54) is 11.3 Å². The third-order valence-corrected chi connectivity index (χ3v) is 5.11. The topological polar surface area (TPSA) is 55.4 Å². The number of anilines is 1. The smallest absolute Gasteiger partial charge is 0.341 e. The van der Waals surface area contributed by atoms with Gasteiger partial charge in [0.2, 0.25) is 5.91 Å². The Labute approximate surface area is 153 Å². The van der Waals surface area contributed by atoms with Crippen LogP contribution in [0.4, 0.5) is 5.00 Å². The number of rotatable bonds is 5. The summed E-state index contributed by atoms with van der Waals surface area (Å²) >= 11 is 1.43. The number of ether oxygens (including phenoxy) is 1. The third kappa shape index (κ3) is 4.69. The molecule has 2 rings (SSSR count). The molecular weight excluding hydrogens is 334 g/mol. The summed E-state index contributed by atoms with van der Waals surface area (Å²) in [6.45, 7) is 9.68. The molecule has 1 atom stereocenters. The second kappa shape index (κ2) is 7.83. The number of thiophene rings is 1. The van der Waals surface area contributed by atoms with E-state index in [0.717, 1.165) is 10.4 Å². The highest BCUT2D eigenvalue weighted by atomic mass is 32.1. The zero-order valence-electron chi connectivity index (χ0n) is 15.4. The maximum absolute atomic E-state index is 12.4. The van der Waals surface area contributed by atoms with Gasteiger partial charge in [-0.2, -0.15) is 0 Å². The number of hydrogen-bond donors (Lipinski definition) is 1. The van der Waals surface area contributed by atoms with Gasteiger partial charge in [0.05, 0.1) is 12.2 Å². The molecule has 25 heavy (non-hydrogen) atoms. The Kier molecular flexibility index (Phi) is 6.01. The van der Waals surface area contributed by atoms with Crippen molar-refractivity contribution in [1.29, 1.82) is 0 Å². The van der Waals surface area contributed by atoms with E-state index < -0.39 is 11.4 Å². The molecule has 1 unspecified atom stereocenters. The van der Waals surface area contributed by atoms with Crippen LogP contribution in [0.5, 0.6) is 0 Å². The lowest BCUT2D eigenvalue weighted by Crippen LogP contribution is -2.27. The van der Waals surface area contributed by atoms with Gasteiger partial charge in [0.1, 0.15) is 5.00 Å². The van der Waals surface area contributed by atoms with Gasteiger partial charge in [-0.1, -0.05) is 58.0 Å². The van der Waals surface area contributed by atoms with Crippen molar-refractivity contribution >= 4 is 28.2 Å². The Morgan fingerprint density at radius 3 is 2.40 bits per heavy atom. The quantitative estimate of drug-likeness (QED) is 0.759. The number of nitrogens with one attached hydrogen (secondary N) is 1. The molecule has 0 aliphatic carbocycles. The molecule has 5 heteroatoms. The van der Waals surface area contributed by atoms with E-state index in [9.17, 15) is 9.59 Å². The second-order valence-corrected chi connectivity index (χ2v) is 8.03. The van der Waals surface area contributed by atoms with Gasteiger partial charge in [0.25, 0.3) is 0 Å². The first-order valence-corrected chi connectivity index (χ1v) is 9.23. The van der Waals surface area contributed by atoms with E-state index in [1.54, 1.807) is 6.92 Å². The van der Waals surface area contributed by atoms with Gasteiger partial charge >= 0.3 is 5.97 Å². The molecule has 0 saturated heterocycles. The molecule has 0 saturated carbocycles. The zero-order chi connectivity index (χ0) is 18.6. The average Bonchev–Trinajstić information content (AvgIpc) is 2.98. The van der Waals surface area contributed by atoms with Crippen molar-refractivity contribution in [2.75, 3.05) is 11.9 Å². The number of amides is 1. The molecule has 1 aromatic carbocycles. The molecular formula is C20H25NO3S. The fourth-order valence-electron chi connectivity index (χ4n) is 2.27. The van der Waals surface area contributed by atoms with E-state index in [2.05, 4.69) is 24.4 Å². The fraction of sp³-hybridized carbons (Fsp3) is 0.400. The van der Waals surface area contributed by atoms with Crippen molar-refractivity contribution in [1.82, 2.24) is 0 Å². The minimum atomic E-state index is -0.541. The standard InChI is InChI=1S/C20H25NO3S/c1-6-24-18(22)15-12-16(13(2)14-10-8-7-9-11-14)25-17(15)21-19(23)20(3,4)5/h7-13H,6H2,1-5H3,(H,21,23). The van der Waals surface area contributed by atoms with Crippen molar-refractivity contribution in [2.24, 2.45) is 5.41 Å². The summed E-state index contributed by atoms with van der Waals surface area (Å²) in [5, 5.41) is 3.45.